The molecule has 0 aromatic heterocycles. The standard InChI is InChI=1S/C11H15FS/c1-7(2)10-5-4-9(8(3)13)6-11(10)12/h4-8,13H,1-3H3. The lowest BCUT2D eigenvalue weighted by atomic mass is 10.0. The van der Waals surface area contributed by atoms with E-state index in [-0.39, 0.29) is 17.0 Å². The zero-order valence-electron chi connectivity index (χ0n) is 8.21. The van der Waals surface area contributed by atoms with Gasteiger partial charge in [-0.05, 0) is 30.0 Å². The highest BCUT2D eigenvalue weighted by molar-refractivity contribution is 7.80. The summed E-state index contributed by atoms with van der Waals surface area (Å²) in [5.74, 6) is 0.123. The Balaban J connectivity index is 3.06. The number of benzene rings is 1. The molecule has 1 aromatic rings. The topological polar surface area (TPSA) is 0 Å². The first-order valence-electron chi connectivity index (χ1n) is 4.49. The van der Waals surface area contributed by atoms with Crippen LogP contribution in [0.25, 0.3) is 0 Å². The zero-order chi connectivity index (χ0) is 10.0. The second kappa shape index (κ2) is 4.14. The van der Waals surface area contributed by atoms with Crippen LogP contribution < -0.4 is 0 Å². The average Bonchev–Trinajstić information content (AvgIpc) is 2.03. The van der Waals surface area contributed by atoms with Crippen LogP contribution in [0.3, 0.4) is 0 Å². The summed E-state index contributed by atoms with van der Waals surface area (Å²) < 4.78 is 13.4. The van der Waals surface area contributed by atoms with Crippen molar-refractivity contribution in [2.75, 3.05) is 0 Å². The number of hydrogen-bond donors (Lipinski definition) is 1. The maximum Gasteiger partial charge on any atom is 0.126 e. The second-order valence-electron chi connectivity index (χ2n) is 3.61. The molecule has 0 N–H and O–H groups in total. The first kappa shape index (κ1) is 10.6. The Kier molecular flexibility index (Phi) is 3.37. The van der Waals surface area contributed by atoms with Crippen LogP contribution in [0.4, 0.5) is 4.39 Å². The second-order valence-corrected chi connectivity index (χ2v) is 4.39. The molecule has 72 valence electrons. The fourth-order valence-electron chi connectivity index (χ4n) is 1.27. The van der Waals surface area contributed by atoms with E-state index in [2.05, 4.69) is 12.6 Å². The molecule has 0 spiro atoms. The van der Waals surface area contributed by atoms with E-state index in [9.17, 15) is 4.39 Å². The van der Waals surface area contributed by atoms with Gasteiger partial charge in [-0.15, -0.1) is 0 Å². The van der Waals surface area contributed by atoms with Gasteiger partial charge in [0.1, 0.15) is 5.82 Å². The molecule has 13 heavy (non-hydrogen) atoms. The molecule has 2 heteroatoms. The minimum absolute atomic E-state index is 0.0933. The van der Waals surface area contributed by atoms with Gasteiger partial charge in [0.05, 0.1) is 0 Å². The monoisotopic (exact) mass is 198 g/mol. The number of hydrogen-bond acceptors (Lipinski definition) is 1. The van der Waals surface area contributed by atoms with Crippen molar-refractivity contribution in [1.82, 2.24) is 0 Å². The van der Waals surface area contributed by atoms with Gasteiger partial charge in [0.15, 0.2) is 0 Å². The van der Waals surface area contributed by atoms with Gasteiger partial charge in [-0.3, -0.25) is 0 Å². The SMILES string of the molecule is CC(C)c1ccc(C(C)S)cc1F. The van der Waals surface area contributed by atoms with Gasteiger partial charge in [-0.1, -0.05) is 26.0 Å². The summed E-state index contributed by atoms with van der Waals surface area (Å²) in [6.45, 7) is 5.91. The Bertz CT molecular complexity index is 292. The summed E-state index contributed by atoms with van der Waals surface area (Å²) in [5, 5.41) is 0.0933. The molecule has 0 bridgehead atoms. The highest BCUT2D eigenvalue weighted by Crippen LogP contribution is 2.24. The largest absolute Gasteiger partial charge is 0.207 e. The summed E-state index contributed by atoms with van der Waals surface area (Å²) in [7, 11) is 0. The Labute approximate surface area is 84.6 Å². The number of halogens is 1. The Morgan fingerprint density at radius 2 is 1.85 bits per heavy atom. The fraction of sp³-hybridized carbons (Fsp3) is 0.455. The molecule has 1 atom stereocenters. The predicted octanol–water partition coefficient (Wildman–Crippen LogP) is 3.94. The van der Waals surface area contributed by atoms with Gasteiger partial charge in [0.25, 0.3) is 0 Å². The van der Waals surface area contributed by atoms with Gasteiger partial charge in [0, 0.05) is 5.25 Å². The van der Waals surface area contributed by atoms with Crippen LogP contribution in [0.5, 0.6) is 0 Å². The van der Waals surface area contributed by atoms with Crippen molar-refractivity contribution in [3.8, 4) is 0 Å². The van der Waals surface area contributed by atoms with Crippen molar-refractivity contribution in [3.05, 3.63) is 35.1 Å². The van der Waals surface area contributed by atoms with Crippen LogP contribution >= 0.6 is 12.6 Å². The van der Waals surface area contributed by atoms with Crippen LogP contribution in [0.15, 0.2) is 18.2 Å². The molecule has 1 rings (SSSR count). The van der Waals surface area contributed by atoms with Gasteiger partial charge < -0.3 is 0 Å². The van der Waals surface area contributed by atoms with Crippen molar-refractivity contribution in [3.63, 3.8) is 0 Å². The van der Waals surface area contributed by atoms with E-state index in [0.29, 0.717) is 0 Å². The van der Waals surface area contributed by atoms with Crippen LogP contribution in [-0.4, -0.2) is 0 Å². The van der Waals surface area contributed by atoms with E-state index in [4.69, 9.17) is 0 Å². The Morgan fingerprint density at radius 1 is 1.23 bits per heavy atom. The molecule has 0 heterocycles. The molecule has 1 aromatic carbocycles. The normalized spacial score (nSPS) is 13.4. The number of rotatable bonds is 2. The van der Waals surface area contributed by atoms with Crippen LogP contribution in [0.1, 0.15) is 43.1 Å². The van der Waals surface area contributed by atoms with Crippen LogP contribution in [-0.2, 0) is 0 Å². The smallest absolute Gasteiger partial charge is 0.126 e. The summed E-state index contributed by atoms with van der Waals surface area (Å²) in [5.41, 5.74) is 1.71. The molecule has 0 aliphatic rings. The van der Waals surface area contributed by atoms with Gasteiger partial charge in [0.2, 0.25) is 0 Å². The maximum atomic E-state index is 13.4. The predicted molar refractivity (Wildman–Crippen MR) is 57.9 cm³/mol. The average molecular weight is 198 g/mol. The highest BCUT2D eigenvalue weighted by Gasteiger charge is 2.08. The van der Waals surface area contributed by atoms with Gasteiger partial charge >= 0.3 is 0 Å². The van der Waals surface area contributed by atoms with Crippen molar-refractivity contribution < 1.29 is 4.39 Å². The molecule has 0 saturated carbocycles. The first-order valence-corrected chi connectivity index (χ1v) is 5.01. The van der Waals surface area contributed by atoms with Crippen molar-refractivity contribution >= 4 is 12.6 Å². The zero-order valence-corrected chi connectivity index (χ0v) is 9.11. The summed E-state index contributed by atoms with van der Waals surface area (Å²) in [6.07, 6.45) is 0. The third-order valence-corrected chi connectivity index (χ3v) is 2.43. The van der Waals surface area contributed by atoms with E-state index in [0.717, 1.165) is 11.1 Å². The lowest BCUT2D eigenvalue weighted by Gasteiger charge is -2.10. The molecular weight excluding hydrogens is 183 g/mol. The summed E-state index contributed by atoms with van der Waals surface area (Å²) >= 11 is 4.25. The lowest BCUT2D eigenvalue weighted by molar-refractivity contribution is 0.596. The van der Waals surface area contributed by atoms with E-state index < -0.39 is 0 Å². The van der Waals surface area contributed by atoms with E-state index in [1.807, 2.05) is 32.9 Å². The van der Waals surface area contributed by atoms with E-state index in [1.54, 1.807) is 6.07 Å². The third-order valence-electron chi connectivity index (χ3n) is 2.13. The minimum Gasteiger partial charge on any atom is -0.207 e. The molecule has 0 aliphatic carbocycles. The van der Waals surface area contributed by atoms with Gasteiger partial charge in [-0.25, -0.2) is 4.39 Å². The van der Waals surface area contributed by atoms with Gasteiger partial charge in [-0.2, -0.15) is 12.6 Å². The van der Waals surface area contributed by atoms with E-state index in [1.165, 1.54) is 0 Å². The van der Waals surface area contributed by atoms with Crippen molar-refractivity contribution in [2.45, 2.75) is 31.9 Å². The molecule has 0 amide bonds. The first-order chi connectivity index (χ1) is 6.02. The lowest BCUT2D eigenvalue weighted by Crippen LogP contribution is -1.95. The molecule has 0 fully saturated rings. The quantitative estimate of drug-likeness (QED) is 0.684. The van der Waals surface area contributed by atoms with Crippen molar-refractivity contribution in [1.29, 1.82) is 0 Å². The minimum atomic E-state index is -0.117. The third kappa shape index (κ3) is 2.47. The Morgan fingerprint density at radius 3 is 2.23 bits per heavy atom. The summed E-state index contributed by atoms with van der Waals surface area (Å²) in [6, 6.07) is 5.37. The molecular formula is C11H15FS. The van der Waals surface area contributed by atoms with Crippen LogP contribution in [0.2, 0.25) is 0 Å². The Hall–Kier alpha value is -0.500. The molecule has 1 unspecified atom stereocenters. The molecule has 0 aliphatic heterocycles. The van der Waals surface area contributed by atoms with E-state index >= 15 is 0 Å². The van der Waals surface area contributed by atoms with Crippen molar-refractivity contribution in [2.24, 2.45) is 0 Å². The summed E-state index contributed by atoms with van der Waals surface area (Å²) in [4.78, 5) is 0. The number of thiol groups is 1. The fourth-order valence-corrected chi connectivity index (χ4v) is 1.43. The molecule has 0 radical (unpaired) electrons. The molecule has 0 saturated heterocycles. The van der Waals surface area contributed by atoms with Crippen LogP contribution in [0, 0.1) is 5.82 Å². The molecule has 0 nitrogen and oxygen atoms in total. The highest BCUT2D eigenvalue weighted by atomic mass is 32.1. The maximum absolute atomic E-state index is 13.4.